The molecule has 0 amide bonds. The number of unbranched alkanes of at least 4 members (excludes halogenated alkanes) is 26. The molecular formula is C40H78O3P+. The average Bonchev–Trinajstić information content (AvgIpc) is 3.00. The number of hydrogen-bond acceptors (Lipinski definition) is 3. The van der Waals surface area contributed by atoms with Gasteiger partial charge < -0.3 is 0 Å². The molecule has 0 saturated carbocycles. The highest BCUT2D eigenvalue weighted by Gasteiger charge is 2.25. The van der Waals surface area contributed by atoms with Crippen LogP contribution in [0.2, 0.25) is 0 Å². The van der Waals surface area contributed by atoms with E-state index in [1.54, 1.807) is 0 Å². The van der Waals surface area contributed by atoms with Crippen LogP contribution in [0.4, 0.5) is 0 Å². The molecule has 44 heavy (non-hydrogen) atoms. The minimum Gasteiger partial charge on any atom is -0.227 e. The van der Waals surface area contributed by atoms with E-state index in [4.69, 9.17) is 9.05 Å². The van der Waals surface area contributed by atoms with E-state index in [2.05, 4.69) is 27.7 Å². The first kappa shape index (κ1) is 43.2. The molecule has 0 fully saturated rings. The molecule has 0 radical (unpaired) electrons. The normalized spacial score (nSPS) is 12.7. The van der Waals surface area contributed by atoms with Crippen LogP contribution in [-0.2, 0) is 13.6 Å². The molecule has 0 N–H and O–H groups in total. The van der Waals surface area contributed by atoms with Crippen molar-refractivity contribution >= 4 is 8.25 Å². The van der Waals surface area contributed by atoms with Gasteiger partial charge in [-0.3, -0.25) is 0 Å². The van der Waals surface area contributed by atoms with E-state index in [-0.39, 0.29) is 0 Å². The van der Waals surface area contributed by atoms with Gasteiger partial charge in [-0.05, 0) is 64.5 Å². The molecule has 260 valence electrons. The van der Waals surface area contributed by atoms with Crippen LogP contribution in [-0.4, -0.2) is 0 Å². The highest BCUT2D eigenvalue weighted by molar-refractivity contribution is 7.33. The fourth-order valence-corrected chi connectivity index (χ4v) is 6.72. The van der Waals surface area contributed by atoms with Gasteiger partial charge in [-0.2, -0.15) is 0 Å². The van der Waals surface area contributed by atoms with Crippen molar-refractivity contribution in [1.82, 2.24) is 0 Å². The Labute approximate surface area is 278 Å². The van der Waals surface area contributed by atoms with Crippen molar-refractivity contribution in [3.63, 3.8) is 0 Å². The van der Waals surface area contributed by atoms with E-state index >= 15 is 0 Å². The predicted octanol–water partition coefficient (Wildman–Crippen LogP) is 16.0. The van der Waals surface area contributed by atoms with Gasteiger partial charge in [0.15, 0.2) is 11.5 Å². The maximum atomic E-state index is 12.5. The molecule has 0 rings (SSSR count). The quantitative estimate of drug-likeness (QED) is 0.0400. The first-order valence-electron chi connectivity index (χ1n) is 19.6. The maximum absolute atomic E-state index is 12.5. The van der Waals surface area contributed by atoms with Gasteiger partial charge in [0.1, 0.15) is 0 Å². The van der Waals surface area contributed by atoms with Crippen LogP contribution in [0.3, 0.4) is 0 Å². The topological polar surface area (TPSA) is 35.5 Å². The molecule has 0 saturated heterocycles. The highest BCUT2D eigenvalue weighted by Crippen LogP contribution is 2.34. The molecule has 0 bridgehead atoms. The Morgan fingerprint density at radius 2 is 0.568 bits per heavy atom. The molecule has 0 atom stereocenters. The third-order valence-electron chi connectivity index (χ3n) is 9.44. The van der Waals surface area contributed by atoms with Gasteiger partial charge in [0.25, 0.3) is 0 Å². The lowest BCUT2D eigenvalue weighted by Crippen LogP contribution is -1.91. The molecule has 0 unspecified atom stereocenters. The summed E-state index contributed by atoms with van der Waals surface area (Å²) in [5, 5.41) is 0. The first-order valence-corrected chi connectivity index (χ1v) is 20.7. The van der Waals surface area contributed by atoms with Crippen molar-refractivity contribution < 1.29 is 13.6 Å². The van der Waals surface area contributed by atoms with E-state index < -0.39 is 8.25 Å². The molecule has 0 aromatic carbocycles. The Kier molecular flexibility index (Phi) is 32.9. The summed E-state index contributed by atoms with van der Waals surface area (Å²) in [4.78, 5) is 0. The van der Waals surface area contributed by atoms with Crippen molar-refractivity contribution in [2.45, 2.75) is 234 Å². The summed E-state index contributed by atoms with van der Waals surface area (Å²) in [6, 6.07) is 0. The third-order valence-corrected chi connectivity index (χ3v) is 10.3. The second kappa shape index (κ2) is 33.5. The molecule has 4 heteroatoms. The summed E-state index contributed by atoms with van der Waals surface area (Å²) < 4.78 is 23.8. The Morgan fingerprint density at radius 3 is 0.795 bits per heavy atom. The number of rotatable bonds is 34. The molecule has 0 aliphatic rings. The molecule has 0 aliphatic carbocycles. The zero-order valence-corrected chi connectivity index (χ0v) is 31.8. The molecule has 0 aromatic heterocycles. The molecule has 0 spiro atoms. The molecule has 0 heterocycles. The molecule has 3 nitrogen and oxygen atoms in total. The van der Waals surface area contributed by atoms with E-state index in [0.29, 0.717) is 0 Å². The Morgan fingerprint density at radius 1 is 0.364 bits per heavy atom. The number of allylic oxidation sites excluding steroid dienone is 4. The van der Waals surface area contributed by atoms with Crippen LogP contribution in [0, 0.1) is 0 Å². The van der Waals surface area contributed by atoms with Crippen molar-refractivity contribution in [2.24, 2.45) is 0 Å². The van der Waals surface area contributed by atoms with Crippen molar-refractivity contribution in [2.75, 3.05) is 0 Å². The van der Waals surface area contributed by atoms with Gasteiger partial charge in [-0.25, -0.2) is 9.05 Å². The van der Waals surface area contributed by atoms with Crippen LogP contribution in [0.15, 0.2) is 22.7 Å². The largest absolute Gasteiger partial charge is 0.804 e. The van der Waals surface area contributed by atoms with E-state index in [9.17, 15) is 4.57 Å². The van der Waals surface area contributed by atoms with Gasteiger partial charge >= 0.3 is 8.25 Å². The van der Waals surface area contributed by atoms with Crippen LogP contribution < -0.4 is 0 Å². The first-order chi connectivity index (χ1) is 21.4. The van der Waals surface area contributed by atoms with Crippen LogP contribution in [0.5, 0.6) is 0 Å². The zero-order valence-electron chi connectivity index (χ0n) is 30.9. The second-order valence-electron chi connectivity index (χ2n) is 13.8. The SMILES string of the molecule is CCCCCCCCCCCCCCCC/C(C)=C(\C)O[P+](=O)O/C(C)=C(\C)CCCCCCCCCCCCCCCC. The van der Waals surface area contributed by atoms with Gasteiger partial charge in [0, 0.05) is 4.57 Å². The van der Waals surface area contributed by atoms with E-state index in [1.165, 1.54) is 191 Å². The van der Waals surface area contributed by atoms with E-state index in [0.717, 1.165) is 24.4 Å². The lowest BCUT2D eigenvalue weighted by Gasteiger charge is -2.06. The highest BCUT2D eigenvalue weighted by atomic mass is 31.1. The summed E-state index contributed by atoms with van der Waals surface area (Å²) in [6.45, 7) is 12.6. The minimum absolute atomic E-state index is 0.762. The summed E-state index contributed by atoms with van der Waals surface area (Å²) in [5.74, 6) is 1.52. The predicted molar refractivity (Wildman–Crippen MR) is 196 cm³/mol. The summed E-state index contributed by atoms with van der Waals surface area (Å²) in [5.41, 5.74) is 2.38. The zero-order chi connectivity index (χ0) is 32.5. The Hall–Kier alpha value is -0.820. The lowest BCUT2D eigenvalue weighted by atomic mass is 10.0. The standard InChI is InChI=1S/C40H78O3P/c1-7-9-11-13-15-17-19-21-23-25-27-29-31-33-35-37(3)39(5)42-44(41)43-40(6)38(4)36-34-32-30-28-26-24-22-20-18-16-14-12-10-8-2/h7-36H2,1-6H3/q+1/b39-37+,40-38+. The van der Waals surface area contributed by atoms with Crippen LogP contribution >= 0.6 is 8.25 Å². The summed E-state index contributed by atoms with van der Waals surface area (Å²) in [6.07, 6.45) is 40.5. The Balaban J connectivity index is 3.80. The third kappa shape index (κ3) is 29.9. The fourth-order valence-electron chi connectivity index (χ4n) is 5.92. The van der Waals surface area contributed by atoms with Crippen LogP contribution in [0.25, 0.3) is 0 Å². The van der Waals surface area contributed by atoms with Crippen molar-refractivity contribution in [1.29, 1.82) is 0 Å². The van der Waals surface area contributed by atoms with Gasteiger partial charge in [0.2, 0.25) is 0 Å². The average molecular weight is 638 g/mol. The van der Waals surface area contributed by atoms with Crippen LogP contribution in [0.1, 0.15) is 234 Å². The summed E-state index contributed by atoms with van der Waals surface area (Å²) in [7, 11) is -2.17. The van der Waals surface area contributed by atoms with Gasteiger partial charge in [-0.1, -0.05) is 181 Å². The monoisotopic (exact) mass is 638 g/mol. The second-order valence-corrected chi connectivity index (χ2v) is 14.6. The minimum atomic E-state index is -2.17. The molecule has 0 aromatic rings. The smallest absolute Gasteiger partial charge is 0.227 e. The summed E-state index contributed by atoms with van der Waals surface area (Å²) >= 11 is 0. The maximum Gasteiger partial charge on any atom is 0.804 e. The fraction of sp³-hybridized carbons (Fsp3) is 0.900. The van der Waals surface area contributed by atoms with Gasteiger partial charge in [0.05, 0.1) is 0 Å². The van der Waals surface area contributed by atoms with E-state index in [1.807, 2.05) is 13.8 Å². The molecule has 0 aliphatic heterocycles. The Bertz CT molecular complexity index is 653. The van der Waals surface area contributed by atoms with Crippen molar-refractivity contribution in [3.05, 3.63) is 22.7 Å². The number of hydrogen-bond donors (Lipinski definition) is 0. The van der Waals surface area contributed by atoms with Gasteiger partial charge in [-0.15, -0.1) is 0 Å². The van der Waals surface area contributed by atoms with Crippen molar-refractivity contribution in [3.8, 4) is 0 Å². The lowest BCUT2D eigenvalue weighted by molar-refractivity contribution is 0.310. The molecular weight excluding hydrogens is 559 g/mol.